The first-order valence-corrected chi connectivity index (χ1v) is 6.26. The summed E-state index contributed by atoms with van der Waals surface area (Å²) in [7, 11) is 0. The quantitative estimate of drug-likeness (QED) is 0.844. The third kappa shape index (κ3) is 2.41. The maximum absolute atomic E-state index is 12.5. The number of rotatable bonds is 2. The standard InChI is InChI=1S/C13H20N3O2/c1-12(2,16-9-5-7-14-16)11(17)15-8-4-6-13(3,18)10-15/h7,9,18H,4,6,8,10H2,1-3H3. The Bertz CT molecular complexity index is 423. The normalized spacial score (nSPS) is 25.2. The van der Waals surface area contributed by atoms with Crippen molar-refractivity contribution in [2.45, 2.75) is 44.8 Å². The van der Waals surface area contributed by atoms with E-state index in [1.807, 2.05) is 13.8 Å². The number of carbonyl (C=O) groups is 1. The van der Waals surface area contributed by atoms with Crippen LogP contribution in [0.15, 0.2) is 12.4 Å². The molecule has 0 spiro atoms. The maximum atomic E-state index is 12.5. The molecule has 1 fully saturated rings. The van der Waals surface area contributed by atoms with Crippen molar-refractivity contribution in [1.29, 1.82) is 0 Å². The van der Waals surface area contributed by atoms with Crippen molar-refractivity contribution in [3.05, 3.63) is 18.5 Å². The number of amides is 1. The monoisotopic (exact) mass is 250 g/mol. The van der Waals surface area contributed by atoms with Crippen LogP contribution in [0, 0.1) is 6.07 Å². The summed E-state index contributed by atoms with van der Waals surface area (Å²) in [5.74, 6) is -0.0143. The van der Waals surface area contributed by atoms with Crippen molar-refractivity contribution in [3.8, 4) is 0 Å². The van der Waals surface area contributed by atoms with E-state index in [0.29, 0.717) is 13.1 Å². The lowest BCUT2D eigenvalue weighted by Crippen LogP contribution is -2.54. The van der Waals surface area contributed by atoms with Crippen LogP contribution in [0.5, 0.6) is 0 Å². The van der Waals surface area contributed by atoms with Gasteiger partial charge in [-0.2, -0.15) is 5.10 Å². The number of hydrogen-bond donors (Lipinski definition) is 1. The number of piperidine rings is 1. The lowest BCUT2D eigenvalue weighted by molar-refractivity contribution is -0.146. The molecule has 1 aromatic heterocycles. The average Bonchev–Trinajstić information content (AvgIpc) is 2.80. The molecule has 1 N–H and O–H groups in total. The van der Waals surface area contributed by atoms with Gasteiger partial charge in [-0.25, -0.2) is 0 Å². The van der Waals surface area contributed by atoms with Gasteiger partial charge in [-0.3, -0.25) is 9.48 Å². The van der Waals surface area contributed by atoms with Crippen molar-refractivity contribution in [3.63, 3.8) is 0 Å². The Balaban J connectivity index is 2.16. The number of aromatic nitrogens is 2. The summed E-state index contributed by atoms with van der Waals surface area (Å²) in [5.41, 5.74) is -1.52. The first-order valence-electron chi connectivity index (χ1n) is 6.26. The molecule has 2 heterocycles. The Hall–Kier alpha value is -1.36. The van der Waals surface area contributed by atoms with Crippen LogP contribution in [0.2, 0.25) is 0 Å². The minimum absolute atomic E-state index is 0.0143. The second kappa shape index (κ2) is 4.39. The zero-order valence-electron chi connectivity index (χ0n) is 11.2. The molecule has 1 aliphatic rings. The third-order valence-electron chi connectivity index (χ3n) is 3.51. The van der Waals surface area contributed by atoms with E-state index in [1.54, 1.807) is 28.9 Å². The SMILES string of the molecule is CC1(O)CCCN(C(=O)C(C)(C)n2c[c]cn2)C1. The molecule has 99 valence electrons. The fourth-order valence-corrected chi connectivity index (χ4v) is 2.42. The van der Waals surface area contributed by atoms with E-state index >= 15 is 0 Å². The Morgan fingerprint density at radius 2 is 2.28 bits per heavy atom. The van der Waals surface area contributed by atoms with Crippen molar-refractivity contribution in [2.24, 2.45) is 0 Å². The van der Waals surface area contributed by atoms with Crippen molar-refractivity contribution < 1.29 is 9.90 Å². The molecule has 1 amide bonds. The van der Waals surface area contributed by atoms with Gasteiger partial charge in [0.15, 0.2) is 0 Å². The number of β-amino-alcohol motifs (C(OH)–C–C–N with tert-alkyl or cyclic N) is 1. The summed E-state index contributed by atoms with van der Waals surface area (Å²) in [6.07, 6.45) is 4.79. The van der Waals surface area contributed by atoms with Crippen LogP contribution in [-0.4, -0.2) is 44.4 Å². The van der Waals surface area contributed by atoms with Gasteiger partial charge in [0.25, 0.3) is 0 Å². The highest BCUT2D eigenvalue weighted by atomic mass is 16.3. The predicted octanol–water partition coefficient (Wildman–Crippen LogP) is 0.792. The minimum atomic E-state index is -0.778. The number of hydrogen-bond acceptors (Lipinski definition) is 3. The van der Waals surface area contributed by atoms with Gasteiger partial charge in [-0.1, -0.05) is 0 Å². The zero-order valence-corrected chi connectivity index (χ0v) is 11.2. The molecule has 0 saturated carbocycles. The molecule has 0 bridgehead atoms. The number of likely N-dealkylation sites (tertiary alicyclic amines) is 1. The van der Waals surface area contributed by atoms with E-state index in [-0.39, 0.29) is 5.91 Å². The van der Waals surface area contributed by atoms with Crippen molar-refractivity contribution >= 4 is 5.91 Å². The van der Waals surface area contributed by atoms with Gasteiger partial charge in [0, 0.05) is 25.4 Å². The van der Waals surface area contributed by atoms with Gasteiger partial charge < -0.3 is 10.0 Å². The van der Waals surface area contributed by atoms with Crippen LogP contribution < -0.4 is 0 Å². The van der Waals surface area contributed by atoms with Gasteiger partial charge >= 0.3 is 0 Å². The molecular weight excluding hydrogens is 230 g/mol. The summed E-state index contributed by atoms with van der Waals surface area (Å²) >= 11 is 0. The van der Waals surface area contributed by atoms with Crippen LogP contribution in [-0.2, 0) is 10.3 Å². The number of nitrogens with zero attached hydrogens (tertiary/aromatic N) is 3. The van der Waals surface area contributed by atoms with Crippen LogP contribution in [0.25, 0.3) is 0 Å². The molecule has 0 aliphatic carbocycles. The molecule has 2 rings (SSSR count). The molecule has 1 aliphatic heterocycles. The molecule has 18 heavy (non-hydrogen) atoms. The van der Waals surface area contributed by atoms with E-state index < -0.39 is 11.1 Å². The minimum Gasteiger partial charge on any atom is -0.388 e. The molecular formula is C13H20N3O2. The Morgan fingerprint density at radius 3 is 2.83 bits per heavy atom. The number of carbonyl (C=O) groups excluding carboxylic acids is 1. The predicted molar refractivity (Wildman–Crippen MR) is 66.8 cm³/mol. The van der Waals surface area contributed by atoms with Crippen LogP contribution in [0.1, 0.15) is 33.6 Å². The van der Waals surface area contributed by atoms with E-state index in [0.717, 1.165) is 12.8 Å². The maximum Gasteiger partial charge on any atom is 0.250 e. The Kier molecular flexibility index (Phi) is 3.19. The molecule has 0 aromatic carbocycles. The molecule has 1 aromatic rings. The second-order valence-electron chi connectivity index (χ2n) is 5.77. The van der Waals surface area contributed by atoms with Gasteiger partial charge in [-0.15, -0.1) is 0 Å². The average molecular weight is 250 g/mol. The van der Waals surface area contributed by atoms with E-state index in [9.17, 15) is 9.90 Å². The van der Waals surface area contributed by atoms with E-state index in [1.165, 1.54) is 0 Å². The van der Waals surface area contributed by atoms with Crippen LogP contribution in [0.4, 0.5) is 0 Å². The van der Waals surface area contributed by atoms with E-state index in [2.05, 4.69) is 11.2 Å². The summed E-state index contributed by atoms with van der Waals surface area (Å²) in [5, 5.41) is 14.2. The molecule has 5 heteroatoms. The van der Waals surface area contributed by atoms with Gasteiger partial charge in [0.05, 0.1) is 11.8 Å². The first kappa shape index (κ1) is 13.1. The fourth-order valence-electron chi connectivity index (χ4n) is 2.42. The summed E-state index contributed by atoms with van der Waals surface area (Å²) in [4.78, 5) is 14.3. The Morgan fingerprint density at radius 1 is 1.56 bits per heavy atom. The smallest absolute Gasteiger partial charge is 0.250 e. The summed E-state index contributed by atoms with van der Waals surface area (Å²) in [6.45, 7) is 6.53. The second-order valence-corrected chi connectivity index (χ2v) is 5.77. The highest BCUT2D eigenvalue weighted by Gasteiger charge is 2.38. The highest BCUT2D eigenvalue weighted by molar-refractivity contribution is 5.83. The first-order chi connectivity index (χ1) is 8.33. The van der Waals surface area contributed by atoms with Crippen molar-refractivity contribution in [1.82, 2.24) is 14.7 Å². The lowest BCUT2D eigenvalue weighted by atomic mass is 9.93. The van der Waals surface area contributed by atoms with Crippen molar-refractivity contribution in [2.75, 3.05) is 13.1 Å². The van der Waals surface area contributed by atoms with Gasteiger partial charge in [0.2, 0.25) is 5.91 Å². The summed E-state index contributed by atoms with van der Waals surface area (Å²) < 4.78 is 1.61. The largest absolute Gasteiger partial charge is 0.388 e. The molecule has 1 unspecified atom stereocenters. The summed E-state index contributed by atoms with van der Waals surface area (Å²) in [6, 6.07) is 2.84. The topological polar surface area (TPSA) is 58.4 Å². The molecule has 5 nitrogen and oxygen atoms in total. The van der Waals surface area contributed by atoms with Crippen LogP contribution in [0.3, 0.4) is 0 Å². The third-order valence-corrected chi connectivity index (χ3v) is 3.51. The van der Waals surface area contributed by atoms with Gasteiger partial charge in [-0.05, 0) is 33.6 Å². The number of aliphatic hydroxyl groups is 1. The van der Waals surface area contributed by atoms with E-state index in [4.69, 9.17) is 0 Å². The molecule has 1 saturated heterocycles. The Labute approximate surface area is 107 Å². The molecule has 1 atom stereocenters. The highest BCUT2D eigenvalue weighted by Crippen LogP contribution is 2.25. The lowest BCUT2D eigenvalue weighted by Gasteiger charge is -2.40. The van der Waals surface area contributed by atoms with Gasteiger partial charge in [0.1, 0.15) is 5.54 Å². The molecule has 1 radical (unpaired) electrons. The zero-order chi connectivity index (χ0) is 13.4. The fraction of sp³-hybridized carbons (Fsp3) is 0.692. The van der Waals surface area contributed by atoms with Crippen LogP contribution >= 0.6 is 0 Å².